The van der Waals surface area contributed by atoms with E-state index in [1.54, 1.807) is 24.3 Å². The van der Waals surface area contributed by atoms with Crippen LogP contribution in [0.1, 0.15) is 6.92 Å². The number of rotatable bonds is 1. The molecule has 1 aromatic heterocycles. The zero-order valence-electron chi connectivity index (χ0n) is 8.11. The van der Waals surface area contributed by atoms with Crippen molar-refractivity contribution >= 4 is 22.6 Å². The molecule has 2 rings (SSSR count). The minimum absolute atomic E-state index is 0.168. The average molecular weight is 203 g/mol. The topological polar surface area (TPSA) is 59.3 Å². The number of carbonyl (C=O) groups excluding carboxylic acids is 1. The van der Waals surface area contributed by atoms with E-state index >= 15 is 0 Å². The lowest BCUT2D eigenvalue weighted by Gasteiger charge is -2.01. The van der Waals surface area contributed by atoms with Gasteiger partial charge in [0, 0.05) is 6.92 Å². The Kier molecular flexibility index (Phi) is 2.25. The summed E-state index contributed by atoms with van der Waals surface area (Å²) in [5.41, 5.74) is 0.449. The van der Waals surface area contributed by atoms with Gasteiger partial charge in [0.25, 0.3) is 0 Å². The summed E-state index contributed by atoms with van der Waals surface area (Å²) in [5.74, 6) is -0.294. The van der Waals surface area contributed by atoms with E-state index in [0.29, 0.717) is 11.0 Å². The second kappa shape index (κ2) is 3.57. The van der Waals surface area contributed by atoms with Crippen LogP contribution in [0.2, 0.25) is 0 Å². The number of amides is 1. The molecule has 0 aliphatic heterocycles. The van der Waals surface area contributed by atoms with E-state index in [2.05, 4.69) is 5.32 Å². The minimum atomic E-state index is -0.294. The van der Waals surface area contributed by atoms with Gasteiger partial charge in [-0.2, -0.15) is 0 Å². The fourth-order valence-corrected chi connectivity index (χ4v) is 1.35. The number of nitrogens with one attached hydrogen (secondary N) is 1. The molecule has 4 nitrogen and oxygen atoms in total. The molecule has 0 unspecified atom stereocenters. The standard InChI is InChI=1S/C11H9NO3/c1-7(13)12-9-6-15-10-5-3-2-4-8(10)11(9)14/h2-6H,1H3,(H,12,13). The van der Waals surface area contributed by atoms with E-state index in [0.717, 1.165) is 0 Å². The summed E-state index contributed by atoms with van der Waals surface area (Å²) in [6, 6.07) is 6.89. The molecule has 0 aliphatic rings. The summed E-state index contributed by atoms with van der Waals surface area (Å²) in [5, 5.41) is 2.88. The predicted octanol–water partition coefficient (Wildman–Crippen LogP) is 1.75. The molecule has 0 spiro atoms. The fraction of sp³-hybridized carbons (Fsp3) is 0.0909. The molecule has 0 saturated carbocycles. The Hall–Kier alpha value is -2.10. The van der Waals surface area contributed by atoms with E-state index < -0.39 is 0 Å². The lowest BCUT2D eigenvalue weighted by molar-refractivity contribution is -0.114. The molecule has 4 heteroatoms. The monoisotopic (exact) mass is 203 g/mol. The Bertz CT molecular complexity index is 571. The normalized spacial score (nSPS) is 10.2. The zero-order valence-corrected chi connectivity index (χ0v) is 8.11. The van der Waals surface area contributed by atoms with Gasteiger partial charge in [-0.05, 0) is 12.1 Å². The first kappa shape index (κ1) is 9.45. The lowest BCUT2D eigenvalue weighted by atomic mass is 10.2. The average Bonchev–Trinajstić information content (AvgIpc) is 2.22. The highest BCUT2D eigenvalue weighted by Crippen LogP contribution is 2.12. The van der Waals surface area contributed by atoms with Gasteiger partial charge >= 0.3 is 0 Å². The number of carbonyl (C=O) groups is 1. The van der Waals surface area contributed by atoms with Gasteiger partial charge < -0.3 is 9.73 Å². The summed E-state index contributed by atoms with van der Waals surface area (Å²) >= 11 is 0. The third-order valence-electron chi connectivity index (χ3n) is 1.99. The van der Waals surface area contributed by atoms with Crippen LogP contribution in [0, 0.1) is 0 Å². The molecule has 2 aromatic rings. The molecular formula is C11H9NO3. The molecule has 0 radical (unpaired) electrons. The first-order chi connectivity index (χ1) is 7.18. The molecule has 76 valence electrons. The van der Waals surface area contributed by atoms with Gasteiger partial charge in [-0.1, -0.05) is 12.1 Å². The Morgan fingerprint density at radius 2 is 2.07 bits per heavy atom. The largest absolute Gasteiger partial charge is 0.462 e. The van der Waals surface area contributed by atoms with E-state index in [-0.39, 0.29) is 17.0 Å². The van der Waals surface area contributed by atoms with Crippen LogP contribution in [0.3, 0.4) is 0 Å². The number of anilines is 1. The van der Waals surface area contributed by atoms with Gasteiger partial charge in [0.1, 0.15) is 17.5 Å². The minimum Gasteiger partial charge on any atom is -0.462 e. The molecule has 1 aromatic carbocycles. The third-order valence-corrected chi connectivity index (χ3v) is 1.99. The van der Waals surface area contributed by atoms with Crippen LogP contribution in [0.25, 0.3) is 11.0 Å². The van der Waals surface area contributed by atoms with Gasteiger partial charge in [0.05, 0.1) is 5.39 Å². The highest BCUT2D eigenvalue weighted by atomic mass is 16.3. The summed E-state index contributed by atoms with van der Waals surface area (Å²) in [6.45, 7) is 1.34. The number of fused-ring (bicyclic) bond motifs is 1. The molecule has 0 bridgehead atoms. The second-order valence-electron chi connectivity index (χ2n) is 3.16. The Balaban J connectivity index is 2.65. The van der Waals surface area contributed by atoms with Crippen LogP contribution in [-0.4, -0.2) is 5.91 Å². The molecule has 1 N–H and O–H groups in total. The van der Waals surface area contributed by atoms with Crippen LogP contribution in [0.5, 0.6) is 0 Å². The van der Waals surface area contributed by atoms with Crippen LogP contribution >= 0.6 is 0 Å². The number of para-hydroxylation sites is 1. The molecule has 0 fully saturated rings. The van der Waals surface area contributed by atoms with Gasteiger partial charge in [-0.25, -0.2) is 0 Å². The van der Waals surface area contributed by atoms with Crippen LogP contribution in [0.15, 0.2) is 39.7 Å². The van der Waals surface area contributed by atoms with Gasteiger partial charge in [0.15, 0.2) is 0 Å². The van der Waals surface area contributed by atoms with Crippen molar-refractivity contribution in [1.82, 2.24) is 0 Å². The molecule has 0 atom stereocenters. The van der Waals surface area contributed by atoms with Crippen molar-refractivity contribution in [2.45, 2.75) is 6.92 Å². The highest BCUT2D eigenvalue weighted by molar-refractivity contribution is 5.90. The fourth-order valence-electron chi connectivity index (χ4n) is 1.35. The summed E-state index contributed by atoms with van der Waals surface area (Å²) < 4.78 is 5.21. The maximum absolute atomic E-state index is 11.8. The van der Waals surface area contributed by atoms with Gasteiger partial charge in [-0.15, -0.1) is 0 Å². The summed E-state index contributed by atoms with van der Waals surface area (Å²) in [4.78, 5) is 22.6. The maximum atomic E-state index is 11.8. The first-order valence-corrected chi connectivity index (χ1v) is 4.46. The molecular weight excluding hydrogens is 194 g/mol. The number of hydrogen-bond acceptors (Lipinski definition) is 3. The van der Waals surface area contributed by atoms with E-state index in [4.69, 9.17) is 4.42 Å². The Morgan fingerprint density at radius 3 is 2.80 bits per heavy atom. The first-order valence-electron chi connectivity index (χ1n) is 4.46. The zero-order chi connectivity index (χ0) is 10.8. The Labute approximate surface area is 85.5 Å². The highest BCUT2D eigenvalue weighted by Gasteiger charge is 2.06. The predicted molar refractivity (Wildman–Crippen MR) is 56.8 cm³/mol. The molecule has 0 aliphatic carbocycles. The van der Waals surface area contributed by atoms with E-state index in [1.807, 2.05) is 0 Å². The van der Waals surface area contributed by atoms with Crippen molar-refractivity contribution in [1.29, 1.82) is 0 Å². The quantitative estimate of drug-likeness (QED) is 0.768. The van der Waals surface area contributed by atoms with Crippen molar-refractivity contribution in [3.8, 4) is 0 Å². The molecule has 0 saturated heterocycles. The van der Waals surface area contributed by atoms with Crippen LogP contribution in [-0.2, 0) is 4.79 Å². The van der Waals surface area contributed by atoms with Crippen molar-refractivity contribution in [3.63, 3.8) is 0 Å². The Morgan fingerprint density at radius 1 is 1.33 bits per heavy atom. The molecule has 1 heterocycles. The van der Waals surface area contributed by atoms with Crippen LogP contribution in [0.4, 0.5) is 5.69 Å². The van der Waals surface area contributed by atoms with Crippen molar-refractivity contribution in [2.24, 2.45) is 0 Å². The van der Waals surface area contributed by atoms with Crippen molar-refractivity contribution in [2.75, 3.05) is 5.32 Å². The number of benzene rings is 1. The van der Waals surface area contributed by atoms with E-state index in [9.17, 15) is 9.59 Å². The number of hydrogen-bond donors (Lipinski definition) is 1. The van der Waals surface area contributed by atoms with Gasteiger partial charge in [0.2, 0.25) is 11.3 Å². The van der Waals surface area contributed by atoms with E-state index in [1.165, 1.54) is 13.2 Å². The molecule has 1 amide bonds. The van der Waals surface area contributed by atoms with Gasteiger partial charge in [-0.3, -0.25) is 9.59 Å². The summed E-state index contributed by atoms with van der Waals surface area (Å²) in [7, 11) is 0. The SMILES string of the molecule is CC(=O)Nc1coc2ccccc2c1=O. The van der Waals surface area contributed by atoms with Crippen molar-refractivity contribution < 1.29 is 9.21 Å². The maximum Gasteiger partial charge on any atom is 0.221 e. The smallest absolute Gasteiger partial charge is 0.221 e. The van der Waals surface area contributed by atoms with Crippen LogP contribution < -0.4 is 10.7 Å². The lowest BCUT2D eigenvalue weighted by Crippen LogP contribution is -2.14. The molecule has 15 heavy (non-hydrogen) atoms. The third kappa shape index (κ3) is 1.74. The summed E-state index contributed by atoms with van der Waals surface area (Å²) in [6.07, 6.45) is 1.26. The second-order valence-corrected chi connectivity index (χ2v) is 3.16. The van der Waals surface area contributed by atoms with Crippen molar-refractivity contribution in [3.05, 3.63) is 40.8 Å².